The highest BCUT2D eigenvalue weighted by Gasteiger charge is 2.23. The Morgan fingerprint density at radius 2 is 1.76 bits per heavy atom. The van der Waals surface area contributed by atoms with E-state index in [0.717, 1.165) is 18.8 Å². The minimum Gasteiger partial charge on any atom is -0.324 e. The van der Waals surface area contributed by atoms with Crippen molar-refractivity contribution < 1.29 is 0 Å². The van der Waals surface area contributed by atoms with Crippen LogP contribution in [0.3, 0.4) is 0 Å². The molecule has 0 saturated heterocycles. The lowest BCUT2D eigenvalue weighted by Crippen LogP contribution is -2.18. The predicted molar refractivity (Wildman–Crippen MR) is 89.5 cm³/mol. The number of benzene rings is 2. The van der Waals surface area contributed by atoms with Crippen LogP contribution in [0.15, 0.2) is 48.5 Å². The SMILES string of the molecule is Cc1ccccc1CCC(N)c1ccccc1C1CCC1. The zero-order chi connectivity index (χ0) is 14.7. The summed E-state index contributed by atoms with van der Waals surface area (Å²) < 4.78 is 0. The van der Waals surface area contributed by atoms with Gasteiger partial charge in [0.05, 0.1) is 0 Å². The number of hydrogen-bond acceptors (Lipinski definition) is 1. The first-order valence-electron chi connectivity index (χ1n) is 8.14. The quantitative estimate of drug-likeness (QED) is 0.828. The van der Waals surface area contributed by atoms with E-state index < -0.39 is 0 Å². The first kappa shape index (κ1) is 14.3. The molecule has 2 aromatic rings. The molecule has 1 nitrogen and oxygen atoms in total. The fourth-order valence-electron chi connectivity index (χ4n) is 3.30. The molecule has 1 atom stereocenters. The summed E-state index contributed by atoms with van der Waals surface area (Å²) in [4.78, 5) is 0. The third-order valence-corrected chi connectivity index (χ3v) is 4.93. The van der Waals surface area contributed by atoms with E-state index in [1.165, 1.54) is 41.5 Å². The van der Waals surface area contributed by atoms with E-state index in [1.54, 1.807) is 0 Å². The Labute approximate surface area is 128 Å². The van der Waals surface area contributed by atoms with Crippen molar-refractivity contribution in [1.29, 1.82) is 0 Å². The van der Waals surface area contributed by atoms with Crippen molar-refractivity contribution >= 4 is 0 Å². The van der Waals surface area contributed by atoms with Crippen molar-refractivity contribution in [1.82, 2.24) is 0 Å². The molecule has 1 unspecified atom stereocenters. The lowest BCUT2D eigenvalue weighted by molar-refractivity contribution is 0.414. The van der Waals surface area contributed by atoms with Crippen LogP contribution in [-0.4, -0.2) is 0 Å². The molecular weight excluding hydrogens is 254 g/mol. The first-order valence-corrected chi connectivity index (χ1v) is 8.14. The van der Waals surface area contributed by atoms with Gasteiger partial charge in [0.1, 0.15) is 0 Å². The van der Waals surface area contributed by atoms with E-state index in [0.29, 0.717) is 0 Å². The molecule has 1 aliphatic rings. The average molecular weight is 279 g/mol. The number of nitrogens with two attached hydrogens (primary N) is 1. The third-order valence-electron chi connectivity index (χ3n) is 4.93. The normalized spacial score (nSPS) is 16.5. The van der Waals surface area contributed by atoms with Gasteiger partial charge < -0.3 is 5.73 Å². The van der Waals surface area contributed by atoms with Gasteiger partial charge in [0.15, 0.2) is 0 Å². The molecule has 1 saturated carbocycles. The van der Waals surface area contributed by atoms with Gasteiger partial charge in [0.25, 0.3) is 0 Å². The monoisotopic (exact) mass is 279 g/mol. The Hall–Kier alpha value is -1.60. The summed E-state index contributed by atoms with van der Waals surface area (Å²) in [6, 6.07) is 17.6. The van der Waals surface area contributed by atoms with Gasteiger partial charge in [-0.3, -0.25) is 0 Å². The van der Waals surface area contributed by atoms with E-state index >= 15 is 0 Å². The molecule has 1 heteroatoms. The Kier molecular flexibility index (Phi) is 4.40. The fourth-order valence-corrected chi connectivity index (χ4v) is 3.30. The molecule has 0 amide bonds. The summed E-state index contributed by atoms with van der Waals surface area (Å²) in [6.45, 7) is 2.18. The topological polar surface area (TPSA) is 26.0 Å². The minimum atomic E-state index is 0.154. The minimum absolute atomic E-state index is 0.154. The van der Waals surface area contributed by atoms with Gasteiger partial charge in [-0.05, 0) is 60.8 Å². The highest BCUT2D eigenvalue weighted by atomic mass is 14.6. The van der Waals surface area contributed by atoms with Gasteiger partial charge in [-0.2, -0.15) is 0 Å². The van der Waals surface area contributed by atoms with Crippen molar-refractivity contribution in [2.45, 2.75) is 51.0 Å². The molecule has 110 valence electrons. The van der Waals surface area contributed by atoms with Crippen LogP contribution in [0.5, 0.6) is 0 Å². The maximum atomic E-state index is 6.51. The lowest BCUT2D eigenvalue weighted by Gasteiger charge is -2.29. The highest BCUT2D eigenvalue weighted by Crippen LogP contribution is 2.39. The number of hydrogen-bond donors (Lipinski definition) is 1. The number of rotatable bonds is 5. The van der Waals surface area contributed by atoms with Crippen molar-refractivity contribution in [2.24, 2.45) is 5.73 Å². The van der Waals surface area contributed by atoms with Crippen LogP contribution in [0.4, 0.5) is 0 Å². The Morgan fingerprint density at radius 1 is 1.05 bits per heavy atom. The highest BCUT2D eigenvalue weighted by molar-refractivity contribution is 5.34. The number of aryl methyl sites for hydroxylation is 2. The van der Waals surface area contributed by atoms with Gasteiger partial charge in [-0.1, -0.05) is 55.0 Å². The van der Waals surface area contributed by atoms with E-state index in [4.69, 9.17) is 5.73 Å². The second-order valence-corrected chi connectivity index (χ2v) is 6.33. The molecule has 0 aromatic heterocycles. The van der Waals surface area contributed by atoms with Gasteiger partial charge in [0, 0.05) is 6.04 Å². The van der Waals surface area contributed by atoms with Crippen LogP contribution in [0.1, 0.15) is 59.9 Å². The smallest absolute Gasteiger partial charge is 0.0300 e. The van der Waals surface area contributed by atoms with Crippen LogP contribution in [0.2, 0.25) is 0 Å². The van der Waals surface area contributed by atoms with E-state index in [-0.39, 0.29) is 6.04 Å². The second-order valence-electron chi connectivity index (χ2n) is 6.33. The molecule has 2 N–H and O–H groups in total. The van der Waals surface area contributed by atoms with Crippen LogP contribution >= 0.6 is 0 Å². The molecular formula is C20H25N. The van der Waals surface area contributed by atoms with Crippen molar-refractivity contribution in [3.05, 3.63) is 70.8 Å². The molecule has 0 spiro atoms. The molecule has 1 fully saturated rings. The van der Waals surface area contributed by atoms with E-state index in [2.05, 4.69) is 55.5 Å². The van der Waals surface area contributed by atoms with Crippen molar-refractivity contribution in [3.63, 3.8) is 0 Å². The molecule has 21 heavy (non-hydrogen) atoms. The second kappa shape index (κ2) is 6.44. The molecule has 0 radical (unpaired) electrons. The summed E-state index contributed by atoms with van der Waals surface area (Å²) in [7, 11) is 0. The standard InChI is InChI=1S/C20H25N/c1-15-7-2-3-8-16(15)13-14-20(21)19-12-5-4-11-18(19)17-9-6-10-17/h2-5,7-8,11-12,17,20H,6,9-10,13-14,21H2,1H3. The van der Waals surface area contributed by atoms with Gasteiger partial charge >= 0.3 is 0 Å². The average Bonchev–Trinajstić information content (AvgIpc) is 2.45. The summed E-state index contributed by atoms with van der Waals surface area (Å²) in [5.74, 6) is 0.755. The maximum absolute atomic E-state index is 6.51. The van der Waals surface area contributed by atoms with Crippen LogP contribution in [0.25, 0.3) is 0 Å². The third kappa shape index (κ3) is 3.19. The predicted octanol–water partition coefficient (Wildman–Crippen LogP) is 4.90. The Morgan fingerprint density at radius 3 is 2.48 bits per heavy atom. The Bertz CT molecular complexity index is 598. The maximum Gasteiger partial charge on any atom is 0.0300 e. The largest absolute Gasteiger partial charge is 0.324 e. The summed E-state index contributed by atoms with van der Waals surface area (Å²) in [6.07, 6.45) is 6.13. The van der Waals surface area contributed by atoms with E-state index in [1.807, 2.05) is 0 Å². The molecule has 0 aliphatic heterocycles. The van der Waals surface area contributed by atoms with Gasteiger partial charge in [-0.15, -0.1) is 0 Å². The fraction of sp³-hybridized carbons (Fsp3) is 0.400. The summed E-state index contributed by atoms with van der Waals surface area (Å²) in [5, 5.41) is 0. The molecule has 1 aliphatic carbocycles. The van der Waals surface area contributed by atoms with Crippen LogP contribution in [0, 0.1) is 6.92 Å². The zero-order valence-corrected chi connectivity index (χ0v) is 12.9. The van der Waals surface area contributed by atoms with Gasteiger partial charge in [0.2, 0.25) is 0 Å². The van der Waals surface area contributed by atoms with Crippen molar-refractivity contribution in [3.8, 4) is 0 Å². The zero-order valence-electron chi connectivity index (χ0n) is 12.9. The lowest BCUT2D eigenvalue weighted by atomic mass is 9.77. The molecule has 0 heterocycles. The Balaban J connectivity index is 1.71. The van der Waals surface area contributed by atoms with Gasteiger partial charge in [-0.25, -0.2) is 0 Å². The molecule has 2 aromatic carbocycles. The summed E-state index contributed by atoms with van der Waals surface area (Å²) in [5.41, 5.74) is 12.2. The van der Waals surface area contributed by atoms with Crippen LogP contribution < -0.4 is 5.73 Å². The molecule has 0 bridgehead atoms. The van der Waals surface area contributed by atoms with Crippen molar-refractivity contribution in [2.75, 3.05) is 0 Å². The van der Waals surface area contributed by atoms with Crippen LogP contribution in [-0.2, 0) is 6.42 Å². The molecule has 3 rings (SSSR count). The summed E-state index contributed by atoms with van der Waals surface area (Å²) >= 11 is 0. The first-order chi connectivity index (χ1) is 10.3. The van der Waals surface area contributed by atoms with E-state index in [9.17, 15) is 0 Å².